The zero-order chi connectivity index (χ0) is 10.5. The van der Waals surface area contributed by atoms with E-state index in [9.17, 15) is 0 Å². The molecule has 15 heavy (non-hydrogen) atoms. The molecule has 1 fully saturated rings. The van der Waals surface area contributed by atoms with Crippen LogP contribution in [0.25, 0.3) is 0 Å². The minimum absolute atomic E-state index is 0.182. The normalized spacial score (nSPS) is 21.9. The largest absolute Gasteiger partial charge is 0.472 e. The van der Waals surface area contributed by atoms with Crippen molar-refractivity contribution in [2.75, 3.05) is 0 Å². The molecule has 1 aliphatic rings. The van der Waals surface area contributed by atoms with E-state index in [4.69, 9.17) is 10.2 Å². The van der Waals surface area contributed by atoms with Crippen LogP contribution in [0.5, 0.6) is 0 Å². The summed E-state index contributed by atoms with van der Waals surface area (Å²) in [7, 11) is 0. The molecule has 1 aliphatic carbocycles. The summed E-state index contributed by atoms with van der Waals surface area (Å²) >= 11 is 0. The van der Waals surface area contributed by atoms with Crippen LogP contribution in [0.3, 0.4) is 0 Å². The first kappa shape index (κ1) is 10.7. The third-order valence-electron chi connectivity index (χ3n) is 3.59. The van der Waals surface area contributed by atoms with Gasteiger partial charge in [-0.15, -0.1) is 0 Å². The molecule has 1 aromatic rings. The molecule has 0 radical (unpaired) electrons. The lowest BCUT2D eigenvalue weighted by Crippen LogP contribution is -2.21. The van der Waals surface area contributed by atoms with Gasteiger partial charge in [-0.25, -0.2) is 0 Å². The van der Waals surface area contributed by atoms with Gasteiger partial charge >= 0.3 is 0 Å². The molecule has 0 saturated heterocycles. The van der Waals surface area contributed by atoms with E-state index in [1.165, 1.54) is 50.5 Å². The molecule has 1 saturated carbocycles. The van der Waals surface area contributed by atoms with Crippen molar-refractivity contribution < 1.29 is 4.42 Å². The maximum Gasteiger partial charge on any atom is 0.0950 e. The Bertz CT molecular complexity index is 260. The van der Waals surface area contributed by atoms with E-state index in [0.717, 1.165) is 0 Å². The topological polar surface area (TPSA) is 39.2 Å². The summed E-state index contributed by atoms with van der Waals surface area (Å²) in [5, 5.41) is 0. The fourth-order valence-corrected chi connectivity index (χ4v) is 2.58. The molecule has 1 atom stereocenters. The predicted molar refractivity (Wildman–Crippen MR) is 61.4 cm³/mol. The molecule has 84 valence electrons. The Balaban J connectivity index is 1.95. The fraction of sp³-hybridized carbons (Fsp3) is 0.692. The van der Waals surface area contributed by atoms with Crippen LogP contribution in [0, 0.1) is 5.92 Å². The molecule has 2 nitrogen and oxygen atoms in total. The number of nitrogens with two attached hydrogens (primary N) is 1. The lowest BCUT2D eigenvalue weighted by atomic mass is 9.84. The van der Waals surface area contributed by atoms with Crippen molar-refractivity contribution in [2.45, 2.75) is 51.0 Å². The van der Waals surface area contributed by atoms with E-state index in [1.54, 1.807) is 12.5 Å². The maximum absolute atomic E-state index is 6.27. The van der Waals surface area contributed by atoms with Crippen LogP contribution < -0.4 is 5.73 Å². The Labute approximate surface area is 91.8 Å². The summed E-state index contributed by atoms with van der Waals surface area (Å²) in [6.45, 7) is 0. The third-order valence-corrected chi connectivity index (χ3v) is 3.59. The second-order valence-electron chi connectivity index (χ2n) is 4.69. The van der Waals surface area contributed by atoms with Gasteiger partial charge in [-0.05, 0) is 24.8 Å². The van der Waals surface area contributed by atoms with Crippen LogP contribution in [0.2, 0.25) is 0 Å². The zero-order valence-corrected chi connectivity index (χ0v) is 9.32. The predicted octanol–water partition coefficient (Wildman–Crippen LogP) is 3.64. The summed E-state index contributed by atoms with van der Waals surface area (Å²) in [6, 6.07) is 2.19. The highest BCUT2D eigenvalue weighted by atomic mass is 16.3. The molecule has 1 heterocycles. The van der Waals surface area contributed by atoms with Crippen LogP contribution >= 0.6 is 0 Å². The van der Waals surface area contributed by atoms with Gasteiger partial charge in [0.25, 0.3) is 0 Å². The minimum atomic E-state index is 0.182. The average molecular weight is 207 g/mol. The number of rotatable bonds is 2. The Morgan fingerprint density at radius 3 is 2.40 bits per heavy atom. The Kier molecular flexibility index (Phi) is 3.84. The van der Waals surface area contributed by atoms with Crippen molar-refractivity contribution in [1.82, 2.24) is 0 Å². The molecule has 0 aliphatic heterocycles. The van der Waals surface area contributed by atoms with Crippen LogP contribution in [-0.2, 0) is 0 Å². The SMILES string of the molecule is NC(c1ccoc1)C1CCCCCCC1. The average Bonchev–Trinajstić information content (AvgIpc) is 2.68. The third kappa shape index (κ3) is 2.85. The Morgan fingerprint density at radius 2 is 1.80 bits per heavy atom. The number of hydrogen-bond acceptors (Lipinski definition) is 2. The summed E-state index contributed by atoms with van der Waals surface area (Å²) in [6.07, 6.45) is 12.9. The van der Waals surface area contributed by atoms with Crippen LogP contribution in [0.15, 0.2) is 23.0 Å². The van der Waals surface area contributed by atoms with Gasteiger partial charge in [0.05, 0.1) is 12.5 Å². The van der Waals surface area contributed by atoms with Crippen molar-refractivity contribution in [2.24, 2.45) is 11.7 Å². The van der Waals surface area contributed by atoms with Gasteiger partial charge in [0.2, 0.25) is 0 Å². The second-order valence-corrected chi connectivity index (χ2v) is 4.69. The van der Waals surface area contributed by atoms with E-state index in [-0.39, 0.29) is 6.04 Å². The fourth-order valence-electron chi connectivity index (χ4n) is 2.58. The highest BCUT2D eigenvalue weighted by Crippen LogP contribution is 2.31. The van der Waals surface area contributed by atoms with Crippen molar-refractivity contribution in [3.8, 4) is 0 Å². The van der Waals surface area contributed by atoms with Gasteiger partial charge in [0.1, 0.15) is 0 Å². The Hall–Kier alpha value is -0.760. The van der Waals surface area contributed by atoms with Crippen molar-refractivity contribution in [3.05, 3.63) is 24.2 Å². The standard InChI is InChI=1S/C13H21NO/c14-13(12-8-9-15-10-12)11-6-4-2-1-3-5-7-11/h8-11,13H,1-7,14H2. The monoisotopic (exact) mass is 207 g/mol. The highest BCUT2D eigenvalue weighted by molar-refractivity contribution is 5.12. The molecule has 0 aromatic carbocycles. The summed E-state index contributed by atoms with van der Waals surface area (Å²) in [5.41, 5.74) is 7.44. The second kappa shape index (κ2) is 5.36. The van der Waals surface area contributed by atoms with Crippen LogP contribution in [-0.4, -0.2) is 0 Å². The first-order valence-electron chi connectivity index (χ1n) is 6.15. The van der Waals surface area contributed by atoms with Gasteiger partial charge in [-0.3, -0.25) is 0 Å². The van der Waals surface area contributed by atoms with Crippen molar-refractivity contribution in [3.63, 3.8) is 0 Å². The summed E-state index contributed by atoms with van der Waals surface area (Å²) in [4.78, 5) is 0. The van der Waals surface area contributed by atoms with E-state index in [0.29, 0.717) is 5.92 Å². The van der Waals surface area contributed by atoms with E-state index < -0.39 is 0 Å². The summed E-state index contributed by atoms with van der Waals surface area (Å²) in [5.74, 6) is 0.655. The summed E-state index contributed by atoms with van der Waals surface area (Å²) < 4.78 is 5.10. The highest BCUT2D eigenvalue weighted by Gasteiger charge is 2.20. The first-order chi connectivity index (χ1) is 7.38. The smallest absolute Gasteiger partial charge is 0.0950 e. The van der Waals surface area contributed by atoms with Crippen molar-refractivity contribution >= 4 is 0 Å². The van der Waals surface area contributed by atoms with Gasteiger partial charge in [0, 0.05) is 11.6 Å². The molecule has 0 bridgehead atoms. The minimum Gasteiger partial charge on any atom is -0.472 e. The van der Waals surface area contributed by atoms with Crippen LogP contribution in [0.4, 0.5) is 0 Å². The molecular weight excluding hydrogens is 186 g/mol. The quantitative estimate of drug-likeness (QED) is 0.804. The lowest BCUT2D eigenvalue weighted by Gasteiger charge is -2.24. The molecule has 2 heteroatoms. The van der Waals surface area contributed by atoms with Crippen molar-refractivity contribution in [1.29, 1.82) is 0 Å². The molecule has 0 amide bonds. The van der Waals surface area contributed by atoms with Gasteiger partial charge in [-0.2, -0.15) is 0 Å². The van der Waals surface area contributed by atoms with Gasteiger partial charge in [-0.1, -0.05) is 32.1 Å². The van der Waals surface area contributed by atoms with E-state index in [1.807, 2.05) is 6.07 Å². The maximum atomic E-state index is 6.27. The molecule has 1 aromatic heterocycles. The molecule has 1 unspecified atom stereocenters. The molecule has 0 spiro atoms. The van der Waals surface area contributed by atoms with Gasteiger partial charge in [0.15, 0.2) is 0 Å². The number of furan rings is 1. The lowest BCUT2D eigenvalue weighted by molar-refractivity contribution is 0.326. The van der Waals surface area contributed by atoms with E-state index >= 15 is 0 Å². The first-order valence-corrected chi connectivity index (χ1v) is 6.15. The van der Waals surface area contributed by atoms with Crippen LogP contribution in [0.1, 0.15) is 56.6 Å². The molecule has 2 N–H and O–H groups in total. The van der Waals surface area contributed by atoms with E-state index in [2.05, 4.69) is 0 Å². The molecular formula is C13H21NO. The molecule has 2 rings (SSSR count). The zero-order valence-electron chi connectivity index (χ0n) is 9.32. The number of hydrogen-bond donors (Lipinski definition) is 1. The van der Waals surface area contributed by atoms with Gasteiger partial charge < -0.3 is 10.2 Å². The Morgan fingerprint density at radius 1 is 1.13 bits per heavy atom.